The minimum atomic E-state index is -1.43. The SMILES string of the molecule is CCCC(CCC)CC[C@@H]1CCCN(CC(=O)N[C@H](CC)CC(O)O)C1=O. The van der Waals surface area contributed by atoms with Gasteiger partial charge in [0.2, 0.25) is 11.8 Å². The van der Waals surface area contributed by atoms with E-state index >= 15 is 0 Å². The van der Waals surface area contributed by atoms with Gasteiger partial charge in [0.05, 0.1) is 6.54 Å². The molecule has 1 rings (SSSR count). The number of likely N-dealkylation sites (tertiary alicyclic amines) is 1. The van der Waals surface area contributed by atoms with Gasteiger partial charge in [0.25, 0.3) is 0 Å². The Hall–Kier alpha value is -1.14. The second-order valence-electron chi connectivity index (χ2n) is 8.01. The maximum atomic E-state index is 12.8. The molecule has 158 valence electrons. The summed E-state index contributed by atoms with van der Waals surface area (Å²) in [7, 11) is 0. The zero-order valence-corrected chi connectivity index (χ0v) is 17.5. The largest absolute Gasteiger partial charge is 0.368 e. The van der Waals surface area contributed by atoms with Crippen LogP contribution in [0.3, 0.4) is 0 Å². The van der Waals surface area contributed by atoms with Crippen LogP contribution in [0.4, 0.5) is 0 Å². The molecule has 1 fully saturated rings. The zero-order valence-electron chi connectivity index (χ0n) is 17.5. The molecule has 0 bridgehead atoms. The van der Waals surface area contributed by atoms with Crippen molar-refractivity contribution in [2.24, 2.45) is 11.8 Å². The predicted octanol–water partition coefficient (Wildman–Crippen LogP) is 2.82. The van der Waals surface area contributed by atoms with Crippen molar-refractivity contribution in [1.82, 2.24) is 10.2 Å². The summed E-state index contributed by atoms with van der Waals surface area (Å²) in [6.07, 6.45) is 8.04. The van der Waals surface area contributed by atoms with Crippen molar-refractivity contribution in [2.75, 3.05) is 13.1 Å². The van der Waals surface area contributed by atoms with Crippen molar-refractivity contribution in [3.05, 3.63) is 0 Å². The lowest BCUT2D eigenvalue weighted by atomic mass is 9.86. The van der Waals surface area contributed by atoms with Crippen LogP contribution in [-0.4, -0.2) is 52.3 Å². The Kier molecular flexibility index (Phi) is 11.6. The van der Waals surface area contributed by atoms with Gasteiger partial charge in [-0.1, -0.05) is 46.5 Å². The predicted molar refractivity (Wildman–Crippen MR) is 107 cm³/mol. The van der Waals surface area contributed by atoms with Crippen LogP contribution >= 0.6 is 0 Å². The van der Waals surface area contributed by atoms with Crippen molar-refractivity contribution in [2.45, 2.75) is 97.3 Å². The summed E-state index contributed by atoms with van der Waals surface area (Å²) in [6.45, 7) is 7.02. The van der Waals surface area contributed by atoms with Gasteiger partial charge in [0.1, 0.15) is 0 Å². The Labute approximate surface area is 164 Å². The van der Waals surface area contributed by atoms with Crippen LogP contribution in [-0.2, 0) is 9.59 Å². The van der Waals surface area contributed by atoms with Gasteiger partial charge in [0.15, 0.2) is 6.29 Å². The highest BCUT2D eigenvalue weighted by atomic mass is 16.5. The lowest BCUT2D eigenvalue weighted by Crippen LogP contribution is -2.48. The van der Waals surface area contributed by atoms with Crippen molar-refractivity contribution in [1.29, 1.82) is 0 Å². The van der Waals surface area contributed by atoms with Gasteiger partial charge in [-0.15, -0.1) is 0 Å². The lowest BCUT2D eigenvalue weighted by Gasteiger charge is -2.33. The van der Waals surface area contributed by atoms with E-state index in [-0.39, 0.29) is 36.7 Å². The molecule has 2 atom stereocenters. The molecule has 1 aliphatic heterocycles. The highest BCUT2D eigenvalue weighted by Crippen LogP contribution is 2.27. The molecule has 1 heterocycles. The Bertz CT molecular complexity index is 436. The molecule has 6 nitrogen and oxygen atoms in total. The third-order valence-corrected chi connectivity index (χ3v) is 5.65. The maximum absolute atomic E-state index is 12.8. The first-order chi connectivity index (χ1) is 12.9. The Morgan fingerprint density at radius 3 is 2.41 bits per heavy atom. The van der Waals surface area contributed by atoms with E-state index in [0.717, 1.165) is 25.7 Å². The van der Waals surface area contributed by atoms with E-state index < -0.39 is 6.29 Å². The van der Waals surface area contributed by atoms with Gasteiger partial charge in [-0.05, 0) is 38.0 Å². The van der Waals surface area contributed by atoms with Crippen LogP contribution in [0.15, 0.2) is 0 Å². The summed E-state index contributed by atoms with van der Waals surface area (Å²) in [5, 5.41) is 21.0. The highest BCUT2D eigenvalue weighted by molar-refractivity contribution is 5.86. The molecule has 6 heteroatoms. The number of carbonyl (C=O) groups excluding carboxylic acids is 2. The van der Waals surface area contributed by atoms with Crippen molar-refractivity contribution in [3.8, 4) is 0 Å². The number of amides is 2. The van der Waals surface area contributed by atoms with Crippen LogP contribution < -0.4 is 5.32 Å². The first-order valence-electron chi connectivity index (χ1n) is 10.8. The average molecular weight is 385 g/mol. The Balaban J connectivity index is 2.50. The molecule has 0 aromatic heterocycles. The van der Waals surface area contributed by atoms with Crippen molar-refractivity contribution in [3.63, 3.8) is 0 Å². The minimum Gasteiger partial charge on any atom is -0.368 e. The lowest BCUT2D eigenvalue weighted by molar-refractivity contribution is -0.142. The normalized spacial score (nSPS) is 19.0. The van der Waals surface area contributed by atoms with E-state index in [2.05, 4.69) is 19.2 Å². The van der Waals surface area contributed by atoms with Gasteiger partial charge in [-0.25, -0.2) is 0 Å². The standard InChI is InChI=1S/C21H40N2O4/c1-4-8-16(9-5-2)11-12-17-10-7-13-23(21(17)27)15-19(24)22-18(6-3)14-20(25)26/h16-18,20,25-26H,4-15H2,1-3H3,(H,22,24)/t17-,18+/m0/s1. The molecule has 2 amide bonds. The summed E-state index contributed by atoms with van der Waals surface area (Å²) >= 11 is 0. The number of aliphatic hydroxyl groups excluding tert-OH is 1. The van der Waals surface area contributed by atoms with Gasteiger partial charge in [-0.2, -0.15) is 0 Å². The summed E-state index contributed by atoms with van der Waals surface area (Å²) in [4.78, 5) is 26.8. The van der Waals surface area contributed by atoms with Crippen LogP contribution in [0, 0.1) is 11.8 Å². The summed E-state index contributed by atoms with van der Waals surface area (Å²) < 4.78 is 0. The molecule has 0 aromatic rings. The molecule has 0 aliphatic carbocycles. The van der Waals surface area contributed by atoms with E-state index in [1.54, 1.807) is 4.90 Å². The van der Waals surface area contributed by atoms with Crippen molar-refractivity contribution < 1.29 is 19.8 Å². The smallest absolute Gasteiger partial charge is 0.239 e. The molecule has 3 N–H and O–H groups in total. The number of nitrogens with one attached hydrogen (secondary N) is 1. The number of carbonyl (C=O) groups is 2. The van der Waals surface area contributed by atoms with Gasteiger partial charge in [-0.3, -0.25) is 9.59 Å². The molecular formula is C21H40N2O4. The topological polar surface area (TPSA) is 89.9 Å². The van der Waals surface area contributed by atoms with Crippen LogP contribution in [0.25, 0.3) is 0 Å². The van der Waals surface area contributed by atoms with Crippen LogP contribution in [0.1, 0.15) is 85.0 Å². The Morgan fingerprint density at radius 1 is 1.19 bits per heavy atom. The Morgan fingerprint density at radius 2 is 1.85 bits per heavy atom. The molecule has 0 saturated carbocycles. The first-order valence-corrected chi connectivity index (χ1v) is 10.8. The number of piperidine rings is 1. The molecule has 0 spiro atoms. The van der Waals surface area contributed by atoms with E-state index in [0.29, 0.717) is 18.9 Å². The fourth-order valence-electron chi connectivity index (χ4n) is 4.16. The van der Waals surface area contributed by atoms with E-state index in [1.165, 1.54) is 25.7 Å². The number of rotatable bonds is 13. The number of nitrogens with zero attached hydrogens (tertiary/aromatic N) is 1. The highest BCUT2D eigenvalue weighted by Gasteiger charge is 2.30. The molecule has 0 radical (unpaired) electrons. The third-order valence-electron chi connectivity index (χ3n) is 5.65. The first kappa shape index (κ1) is 23.9. The van der Waals surface area contributed by atoms with Crippen LogP contribution in [0.5, 0.6) is 0 Å². The molecule has 0 aromatic carbocycles. The quantitative estimate of drug-likeness (QED) is 0.426. The minimum absolute atomic E-state index is 0.0454. The zero-order chi connectivity index (χ0) is 20.2. The van der Waals surface area contributed by atoms with Gasteiger partial charge >= 0.3 is 0 Å². The molecule has 27 heavy (non-hydrogen) atoms. The van der Waals surface area contributed by atoms with E-state index in [1.807, 2.05) is 6.92 Å². The number of aliphatic hydroxyl groups is 2. The fourth-order valence-corrected chi connectivity index (χ4v) is 4.16. The fraction of sp³-hybridized carbons (Fsp3) is 0.905. The number of hydrogen-bond acceptors (Lipinski definition) is 4. The molecule has 1 saturated heterocycles. The second-order valence-corrected chi connectivity index (χ2v) is 8.01. The van der Waals surface area contributed by atoms with Gasteiger partial charge < -0.3 is 20.4 Å². The summed E-state index contributed by atoms with van der Waals surface area (Å²) in [6, 6.07) is -0.281. The van der Waals surface area contributed by atoms with Gasteiger partial charge in [0, 0.05) is 24.9 Å². The van der Waals surface area contributed by atoms with E-state index in [9.17, 15) is 9.59 Å². The average Bonchev–Trinajstić information content (AvgIpc) is 2.61. The third kappa shape index (κ3) is 9.06. The summed E-state index contributed by atoms with van der Waals surface area (Å²) in [5.41, 5.74) is 0. The maximum Gasteiger partial charge on any atom is 0.239 e. The molecule has 1 aliphatic rings. The van der Waals surface area contributed by atoms with Crippen LogP contribution in [0.2, 0.25) is 0 Å². The van der Waals surface area contributed by atoms with E-state index in [4.69, 9.17) is 10.2 Å². The monoisotopic (exact) mass is 384 g/mol. The molecule has 0 unspecified atom stereocenters. The molecular weight excluding hydrogens is 344 g/mol. The number of hydrogen-bond donors (Lipinski definition) is 3. The second kappa shape index (κ2) is 13.1. The van der Waals surface area contributed by atoms with Crippen molar-refractivity contribution >= 4 is 11.8 Å². The summed E-state index contributed by atoms with van der Waals surface area (Å²) in [5.74, 6) is 0.649.